The van der Waals surface area contributed by atoms with E-state index >= 15 is 0 Å². The number of aliphatic hydroxyl groups excluding tert-OH is 7. The van der Waals surface area contributed by atoms with Gasteiger partial charge in [0.2, 0.25) is 0 Å². The van der Waals surface area contributed by atoms with E-state index in [1.807, 2.05) is 26.8 Å². The summed E-state index contributed by atoms with van der Waals surface area (Å²) in [4.78, 5) is 13.9. The number of rotatable bonds is 9. The van der Waals surface area contributed by atoms with E-state index in [0.717, 1.165) is 31.3 Å². The highest BCUT2D eigenvalue weighted by Gasteiger charge is 2.72. The number of carbonyl (C=O) groups is 1. The molecule has 0 aromatic carbocycles. The van der Waals surface area contributed by atoms with E-state index < -0.39 is 90.4 Å². The molecule has 18 unspecified atom stereocenters. The number of allylic oxidation sites excluding steroid dienone is 1. The largest absolute Gasteiger partial charge is 0.396 e. The minimum Gasteiger partial charge on any atom is -0.396 e. The molecule has 0 aromatic heterocycles. The van der Waals surface area contributed by atoms with E-state index in [1.165, 1.54) is 0 Å². The summed E-state index contributed by atoms with van der Waals surface area (Å²) in [7, 11) is 0. The Morgan fingerprint density at radius 3 is 2.19 bits per heavy atom. The number of fused-ring (bicyclic) bond motifs is 5. The maximum atomic E-state index is 13.9. The third-order valence-corrected chi connectivity index (χ3v) is 15.6. The van der Waals surface area contributed by atoms with Gasteiger partial charge in [-0.15, -0.1) is 0 Å². The average molecular weight is 755 g/mol. The number of Topliss-reactive ketones (excluding diaryl/α,β-unsaturated/α-hetero) is 1. The molecule has 8 N–H and O–H groups in total. The van der Waals surface area contributed by atoms with Crippen LogP contribution in [0.4, 0.5) is 0 Å². The van der Waals surface area contributed by atoms with Crippen molar-refractivity contribution in [1.82, 2.24) is 0 Å². The lowest BCUT2D eigenvalue weighted by Gasteiger charge is -2.70. The summed E-state index contributed by atoms with van der Waals surface area (Å²) in [6.07, 6.45) is -5.97. The van der Waals surface area contributed by atoms with Gasteiger partial charge in [-0.05, 0) is 99.7 Å². The first-order valence-electron chi connectivity index (χ1n) is 19.8. The van der Waals surface area contributed by atoms with Gasteiger partial charge in [0, 0.05) is 24.4 Å². The number of aliphatic hydroxyl groups is 8. The van der Waals surface area contributed by atoms with Crippen LogP contribution in [0.15, 0.2) is 11.6 Å². The van der Waals surface area contributed by atoms with Crippen molar-refractivity contribution in [3.8, 4) is 0 Å². The Labute approximate surface area is 313 Å². The zero-order chi connectivity index (χ0) is 39.1. The molecule has 6 aliphatic rings. The smallest absolute Gasteiger partial charge is 0.189 e. The van der Waals surface area contributed by atoms with Crippen LogP contribution in [0.25, 0.3) is 0 Å². The highest BCUT2D eigenvalue weighted by atomic mass is 16.8. The zero-order valence-corrected chi connectivity index (χ0v) is 32.6. The van der Waals surface area contributed by atoms with Gasteiger partial charge in [-0.3, -0.25) is 4.79 Å². The highest BCUT2D eigenvalue weighted by Crippen LogP contribution is 2.75. The van der Waals surface area contributed by atoms with Crippen LogP contribution >= 0.6 is 0 Å². The maximum Gasteiger partial charge on any atom is 0.189 e. The maximum absolute atomic E-state index is 13.9. The molecule has 6 rings (SSSR count). The fourth-order valence-electron chi connectivity index (χ4n) is 12.6. The van der Waals surface area contributed by atoms with Crippen molar-refractivity contribution in [3.63, 3.8) is 0 Å². The van der Waals surface area contributed by atoms with Crippen LogP contribution < -0.4 is 0 Å². The molecule has 0 amide bonds. The predicted molar refractivity (Wildman–Crippen MR) is 191 cm³/mol. The lowest BCUT2D eigenvalue weighted by atomic mass is 9.35. The van der Waals surface area contributed by atoms with Gasteiger partial charge in [-0.1, -0.05) is 39.3 Å². The van der Waals surface area contributed by atoms with Gasteiger partial charge < -0.3 is 59.8 Å². The van der Waals surface area contributed by atoms with Crippen LogP contribution in [-0.4, -0.2) is 133 Å². The SMILES string of the molecule is CC(C)=CCC(C)(O)C1C(=O)CC2(C)C1CCC1C3(CO)CCC(OC4C(CO)OC(OC5OCC(O)C(O)C5O)C(O)C4O)C(C)(C)C3CCC12C. The number of ketones is 1. The number of hydrogen-bond donors (Lipinski definition) is 8. The second-order valence-electron chi connectivity index (χ2n) is 19.1. The van der Waals surface area contributed by atoms with E-state index in [1.54, 1.807) is 0 Å². The predicted octanol–water partition coefficient (Wildman–Crippen LogP) is 1.58. The molecule has 2 heterocycles. The van der Waals surface area contributed by atoms with Crippen molar-refractivity contribution in [1.29, 1.82) is 0 Å². The summed E-state index contributed by atoms with van der Waals surface area (Å²) >= 11 is 0. The standard InChI is InChI=1S/C40H66O13/c1-20(2)10-14-39(7,49)28-21-8-9-26-37(5,38(21,6)16-22(28)43)13-11-25-36(3,4)27(12-15-40(25,26)19-42)52-33-24(17-41)51-35(32(48)30(33)46)53-34-31(47)29(45)23(44)18-50-34/h10,21,23-35,41-42,44-49H,8-9,11-19H2,1-7H3. The van der Waals surface area contributed by atoms with E-state index in [-0.39, 0.29) is 47.6 Å². The number of carbonyl (C=O) groups excluding carboxylic acids is 1. The Balaban J connectivity index is 1.20. The summed E-state index contributed by atoms with van der Waals surface area (Å²) in [5.41, 5.74) is -1.54. The van der Waals surface area contributed by atoms with Crippen molar-refractivity contribution < 1.29 is 64.6 Å². The number of hydrogen-bond acceptors (Lipinski definition) is 13. The Morgan fingerprint density at radius 1 is 0.868 bits per heavy atom. The van der Waals surface area contributed by atoms with Crippen molar-refractivity contribution in [2.24, 2.45) is 45.3 Å². The monoisotopic (exact) mass is 754 g/mol. The summed E-state index contributed by atoms with van der Waals surface area (Å²) in [5.74, 6) is -0.0751. The van der Waals surface area contributed by atoms with Crippen LogP contribution in [0, 0.1) is 45.3 Å². The van der Waals surface area contributed by atoms with Crippen molar-refractivity contribution in [2.45, 2.75) is 167 Å². The van der Waals surface area contributed by atoms with Crippen LogP contribution in [0.5, 0.6) is 0 Å². The second kappa shape index (κ2) is 14.7. The van der Waals surface area contributed by atoms with Crippen LogP contribution in [0.1, 0.15) is 99.8 Å². The van der Waals surface area contributed by atoms with E-state index in [0.29, 0.717) is 25.7 Å². The molecule has 2 saturated heterocycles. The molecule has 18 atom stereocenters. The van der Waals surface area contributed by atoms with Crippen LogP contribution in [0.3, 0.4) is 0 Å². The quantitative estimate of drug-likeness (QED) is 0.157. The van der Waals surface area contributed by atoms with Gasteiger partial charge >= 0.3 is 0 Å². The lowest BCUT2D eigenvalue weighted by Crippen LogP contribution is -2.67. The van der Waals surface area contributed by atoms with E-state index in [9.17, 15) is 45.6 Å². The van der Waals surface area contributed by atoms with Crippen molar-refractivity contribution in [2.75, 3.05) is 19.8 Å². The Kier molecular flexibility index (Phi) is 11.5. The van der Waals surface area contributed by atoms with Gasteiger partial charge in [0.15, 0.2) is 12.6 Å². The summed E-state index contributed by atoms with van der Waals surface area (Å²) in [6.45, 7) is 13.8. The fourth-order valence-corrected chi connectivity index (χ4v) is 12.6. The van der Waals surface area contributed by atoms with Gasteiger partial charge in [-0.25, -0.2) is 0 Å². The topological polar surface area (TPSA) is 216 Å². The third kappa shape index (κ3) is 6.60. The normalized spacial score (nSPS) is 50.7. The first-order valence-corrected chi connectivity index (χ1v) is 19.8. The first kappa shape index (κ1) is 41.6. The fraction of sp³-hybridized carbons (Fsp3) is 0.925. The summed E-state index contributed by atoms with van der Waals surface area (Å²) in [5, 5.41) is 86.2. The van der Waals surface area contributed by atoms with Gasteiger partial charge in [0.1, 0.15) is 48.5 Å². The molecule has 13 heteroatoms. The Bertz CT molecular complexity index is 1360. The molecule has 2 aliphatic heterocycles. The molecule has 304 valence electrons. The average Bonchev–Trinajstić information content (AvgIpc) is 3.39. The van der Waals surface area contributed by atoms with Crippen molar-refractivity contribution in [3.05, 3.63) is 11.6 Å². The van der Waals surface area contributed by atoms with Gasteiger partial charge in [0.25, 0.3) is 0 Å². The highest BCUT2D eigenvalue weighted by molar-refractivity contribution is 5.86. The molecular formula is C40H66O13. The molecule has 0 spiro atoms. The molecular weight excluding hydrogens is 688 g/mol. The number of ether oxygens (including phenoxy) is 4. The first-order chi connectivity index (χ1) is 24.7. The molecule has 53 heavy (non-hydrogen) atoms. The molecule has 0 aromatic rings. The molecule has 4 saturated carbocycles. The second-order valence-corrected chi connectivity index (χ2v) is 19.1. The summed E-state index contributed by atoms with van der Waals surface area (Å²) in [6, 6.07) is 0. The minimum absolute atomic E-state index is 0.00252. The van der Waals surface area contributed by atoms with Crippen LogP contribution in [0.2, 0.25) is 0 Å². The Hall–Kier alpha value is -1.07. The molecule has 0 bridgehead atoms. The third-order valence-electron chi connectivity index (χ3n) is 15.6. The van der Waals surface area contributed by atoms with E-state index in [4.69, 9.17) is 18.9 Å². The van der Waals surface area contributed by atoms with E-state index in [2.05, 4.69) is 27.7 Å². The Morgan fingerprint density at radius 2 is 1.55 bits per heavy atom. The zero-order valence-electron chi connectivity index (χ0n) is 32.6. The van der Waals surface area contributed by atoms with Gasteiger partial charge in [0.05, 0.1) is 24.9 Å². The minimum atomic E-state index is -1.65. The summed E-state index contributed by atoms with van der Waals surface area (Å²) < 4.78 is 23.4. The lowest BCUT2D eigenvalue weighted by molar-refractivity contribution is -0.372. The van der Waals surface area contributed by atoms with Crippen LogP contribution in [-0.2, 0) is 23.7 Å². The molecule has 13 nitrogen and oxygen atoms in total. The van der Waals surface area contributed by atoms with Crippen molar-refractivity contribution >= 4 is 5.78 Å². The molecule has 4 aliphatic carbocycles. The molecule has 0 radical (unpaired) electrons. The molecule has 6 fully saturated rings. The van der Waals surface area contributed by atoms with Gasteiger partial charge in [-0.2, -0.15) is 0 Å².